The molecule has 1 aliphatic carbocycles. The molecule has 29 heavy (non-hydrogen) atoms. The number of hydrogen-bond acceptors (Lipinski definition) is 4. The van der Waals surface area contributed by atoms with Crippen LogP contribution in [0.5, 0.6) is 0 Å². The molecule has 0 unspecified atom stereocenters. The predicted molar refractivity (Wildman–Crippen MR) is 102 cm³/mol. The van der Waals surface area contributed by atoms with Gasteiger partial charge in [0.25, 0.3) is 0 Å². The second kappa shape index (κ2) is 9.89. The molecule has 10 heteroatoms. The van der Waals surface area contributed by atoms with Crippen molar-refractivity contribution < 1.29 is 27.9 Å². The Morgan fingerprint density at radius 2 is 1.79 bits per heavy atom. The van der Waals surface area contributed by atoms with Crippen molar-refractivity contribution in [1.82, 2.24) is 10.3 Å². The number of hydrogen-bond donors (Lipinski definition) is 3. The highest BCUT2D eigenvalue weighted by atomic mass is 35.5. The van der Waals surface area contributed by atoms with Gasteiger partial charge in [0.05, 0.1) is 17.8 Å². The first kappa shape index (κ1) is 22.9. The summed E-state index contributed by atoms with van der Waals surface area (Å²) in [4.78, 5) is 25.6. The lowest BCUT2D eigenvalue weighted by Gasteiger charge is -2.25. The zero-order chi connectivity index (χ0) is 21.6. The summed E-state index contributed by atoms with van der Waals surface area (Å²) in [6.07, 6.45) is -1.44. The van der Waals surface area contributed by atoms with E-state index in [2.05, 4.69) is 10.3 Å². The van der Waals surface area contributed by atoms with Crippen LogP contribution >= 0.6 is 11.6 Å². The zero-order valence-electron chi connectivity index (χ0n) is 15.4. The van der Waals surface area contributed by atoms with Crippen molar-refractivity contribution in [3.63, 3.8) is 0 Å². The topological polar surface area (TPSA) is 105 Å². The molecule has 3 rings (SSSR count). The summed E-state index contributed by atoms with van der Waals surface area (Å²) in [6, 6.07) is 9.77. The van der Waals surface area contributed by atoms with Gasteiger partial charge in [-0.15, -0.1) is 0 Å². The fourth-order valence-electron chi connectivity index (χ4n) is 2.94. The van der Waals surface area contributed by atoms with Crippen molar-refractivity contribution in [2.24, 2.45) is 11.7 Å². The Kier molecular flexibility index (Phi) is 7.80. The number of pyridine rings is 1. The molecule has 1 saturated carbocycles. The number of fused-ring (bicyclic) bond motifs is 1. The van der Waals surface area contributed by atoms with E-state index < -0.39 is 12.1 Å². The maximum absolute atomic E-state index is 12.2. The summed E-state index contributed by atoms with van der Waals surface area (Å²) < 4.78 is 31.7. The second-order valence-electron chi connectivity index (χ2n) is 6.77. The summed E-state index contributed by atoms with van der Waals surface area (Å²) in [7, 11) is 0. The number of nitrogens with one attached hydrogen (secondary N) is 1. The van der Waals surface area contributed by atoms with Crippen LogP contribution in [-0.4, -0.2) is 34.2 Å². The van der Waals surface area contributed by atoms with Gasteiger partial charge in [-0.3, -0.25) is 9.78 Å². The minimum atomic E-state index is -5.08. The molecule has 158 valence electrons. The lowest BCUT2D eigenvalue weighted by atomic mass is 9.86. The summed E-state index contributed by atoms with van der Waals surface area (Å²) in [6.45, 7) is 0.458. The molecule has 1 fully saturated rings. The number of rotatable bonds is 3. The van der Waals surface area contributed by atoms with E-state index in [0.29, 0.717) is 11.6 Å². The molecule has 0 bridgehead atoms. The molecule has 0 radical (unpaired) electrons. The fraction of sp³-hybridized carbons (Fsp3) is 0.421. The first-order valence-electron chi connectivity index (χ1n) is 8.95. The number of halogens is 4. The lowest BCUT2D eigenvalue weighted by molar-refractivity contribution is -0.192. The van der Waals surface area contributed by atoms with Gasteiger partial charge in [0.1, 0.15) is 0 Å². The van der Waals surface area contributed by atoms with E-state index >= 15 is 0 Å². The van der Waals surface area contributed by atoms with E-state index in [1.165, 1.54) is 0 Å². The number of carboxylic acid groups (broad SMARTS) is 1. The van der Waals surface area contributed by atoms with Crippen LogP contribution in [0.1, 0.15) is 31.4 Å². The Morgan fingerprint density at radius 1 is 1.17 bits per heavy atom. The number of aromatic nitrogens is 1. The Bertz CT molecular complexity index is 869. The van der Waals surface area contributed by atoms with Crippen LogP contribution in [0.3, 0.4) is 0 Å². The third-order valence-corrected chi connectivity index (χ3v) is 4.77. The van der Waals surface area contributed by atoms with Crippen molar-refractivity contribution in [3.8, 4) is 0 Å². The number of nitrogens with zero attached hydrogens (tertiary/aromatic N) is 1. The molecule has 1 heterocycles. The van der Waals surface area contributed by atoms with Gasteiger partial charge in [-0.2, -0.15) is 13.2 Å². The minimum absolute atomic E-state index is 0.0964. The number of aliphatic carboxylic acids is 1. The van der Waals surface area contributed by atoms with Crippen LogP contribution in [0, 0.1) is 5.92 Å². The van der Waals surface area contributed by atoms with Gasteiger partial charge in [0, 0.05) is 22.4 Å². The van der Waals surface area contributed by atoms with Crippen molar-refractivity contribution in [1.29, 1.82) is 0 Å². The van der Waals surface area contributed by atoms with E-state index in [0.717, 1.165) is 42.3 Å². The van der Waals surface area contributed by atoms with Crippen LogP contribution in [0.4, 0.5) is 13.2 Å². The minimum Gasteiger partial charge on any atom is -0.475 e. The largest absolute Gasteiger partial charge is 0.490 e. The fourth-order valence-corrected chi connectivity index (χ4v) is 3.12. The van der Waals surface area contributed by atoms with Gasteiger partial charge in [-0.1, -0.05) is 17.7 Å². The molecule has 0 spiro atoms. The zero-order valence-corrected chi connectivity index (χ0v) is 16.1. The van der Waals surface area contributed by atoms with Crippen molar-refractivity contribution >= 4 is 34.4 Å². The number of nitrogens with two attached hydrogens (primary N) is 1. The number of benzene rings is 1. The molecule has 1 amide bonds. The molecule has 6 nitrogen and oxygen atoms in total. The molecule has 4 N–H and O–H groups in total. The summed E-state index contributed by atoms with van der Waals surface area (Å²) >= 11 is 5.96. The number of alkyl halides is 3. The van der Waals surface area contributed by atoms with Crippen LogP contribution in [0.25, 0.3) is 10.9 Å². The van der Waals surface area contributed by atoms with Gasteiger partial charge < -0.3 is 16.2 Å². The highest BCUT2D eigenvalue weighted by Crippen LogP contribution is 2.23. The van der Waals surface area contributed by atoms with Crippen molar-refractivity contribution in [2.75, 3.05) is 0 Å². The van der Waals surface area contributed by atoms with Crippen LogP contribution in [0.2, 0.25) is 5.02 Å². The average Bonchev–Trinajstić information content (AvgIpc) is 2.66. The third-order valence-electron chi connectivity index (χ3n) is 4.54. The van der Waals surface area contributed by atoms with E-state index in [1.54, 1.807) is 0 Å². The van der Waals surface area contributed by atoms with Gasteiger partial charge in [-0.25, -0.2) is 4.79 Å². The van der Waals surface area contributed by atoms with Crippen LogP contribution < -0.4 is 11.1 Å². The molecule has 1 aromatic carbocycles. The first-order chi connectivity index (χ1) is 13.6. The van der Waals surface area contributed by atoms with E-state index in [-0.39, 0.29) is 17.9 Å². The predicted octanol–water partition coefficient (Wildman–Crippen LogP) is 3.66. The summed E-state index contributed by atoms with van der Waals surface area (Å²) in [5, 5.41) is 11.8. The molecule has 2 aromatic rings. The van der Waals surface area contributed by atoms with Crippen LogP contribution in [-0.2, 0) is 16.1 Å². The maximum atomic E-state index is 12.2. The second-order valence-corrected chi connectivity index (χ2v) is 7.21. The molecule has 0 atom stereocenters. The smallest absolute Gasteiger partial charge is 0.475 e. The first-order valence-corrected chi connectivity index (χ1v) is 9.32. The molecule has 0 aliphatic heterocycles. The van der Waals surface area contributed by atoms with E-state index in [9.17, 15) is 18.0 Å². The molecular weight excluding hydrogens is 411 g/mol. The normalized spacial score (nSPS) is 19.2. The van der Waals surface area contributed by atoms with Crippen molar-refractivity contribution in [2.45, 2.75) is 44.4 Å². The lowest BCUT2D eigenvalue weighted by Crippen LogP contribution is -2.36. The molecular formula is C19H21ClF3N3O3. The van der Waals surface area contributed by atoms with Gasteiger partial charge >= 0.3 is 12.1 Å². The van der Waals surface area contributed by atoms with E-state index in [1.807, 2.05) is 30.3 Å². The Hall–Kier alpha value is -2.39. The summed E-state index contributed by atoms with van der Waals surface area (Å²) in [5.41, 5.74) is 7.62. The van der Waals surface area contributed by atoms with Gasteiger partial charge in [0.2, 0.25) is 5.91 Å². The number of amides is 1. The Balaban J connectivity index is 0.000000370. The summed E-state index contributed by atoms with van der Waals surface area (Å²) in [5.74, 6) is -2.54. The Labute approximate surface area is 170 Å². The van der Waals surface area contributed by atoms with Gasteiger partial charge in [0.15, 0.2) is 0 Å². The maximum Gasteiger partial charge on any atom is 0.490 e. The molecule has 0 saturated heterocycles. The quantitative estimate of drug-likeness (QED) is 0.687. The highest BCUT2D eigenvalue weighted by Gasteiger charge is 2.38. The third kappa shape index (κ3) is 7.17. The van der Waals surface area contributed by atoms with E-state index in [4.69, 9.17) is 27.2 Å². The SMILES string of the molecule is N[C@H]1CC[C@H](C(=O)NCc2ccc3cc(Cl)ccc3n2)CC1.O=C(O)C(F)(F)F. The Morgan fingerprint density at radius 3 is 2.38 bits per heavy atom. The van der Waals surface area contributed by atoms with Crippen LogP contribution in [0.15, 0.2) is 30.3 Å². The number of carbonyl (C=O) groups excluding carboxylic acids is 1. The number of carbonyl (C=O) groups is 2. The molecule has 1 aromatic heterocycles. The molecule has 1 aliphatic rings. The monoisotopic (exact) mass is 431 g/mol. The number of carboxylic acids is 1. The highest BCUT2D eigenvalue weighted by molar-refractivity contribution is 6.31. The van der Waals surface area contributed by atoms with Gasteiger partial charge in [-0.05, 0) is 49.9 Å². The standard InChI is InChI=1S/C17H20ClN3O.C2HF3O2/c18-13-4-8-16-12(9-13)3-7-15(21-16)10-20-17(22)11-1-5-14(19)6-2-11;3-2(4,5)1(6)7/h3-4,7-9,11,14H,1-2,5-6,10,19H2,(H,20,22);(H,6,7)/t11-,14-;. The average molecular weight is 432 g/mol. The van der Waals surface area contributed by atoms with Crippen molar-refractivity contribution in [3.05, 3.63) is 41.0 Å².